The van der Waals surface area contributed by atoms with E-state index in [0.717, 1.165) is 22.3 Å². The van der Waals surface area contributed by atoms with E-state index in [1.165, 1.54) is 0 Å². The Morgan fingerprint density at radius 3 is 2.36 bits per heavy atom. The lowest BCUT2D eigenvalue weighted by Gasteiger charge is -2.19. The van der Waals surface area contributed by atoms with Crippen LogP contribution >= 0.6 is 0 Å². The van der Waals surface area contributed by atoms with Gasteiger partial charge in [-0.15, -0.1) is 0 Å². The minimum Gasteiger partial charge on any atom is -0.472 e. The number of carboxylic acids is 1. The van der Waals surface area contributed by atoms with Crippen molar-refractivity contribution in [2.75, 3.05) is 26.3 Å². The highest BCUT2D eigenvalue weighted by Crippen LogP contribution is 2.44. The number of fused-ring (bicyclic) bond motifs is 3. The molecule has 170 valence electrons. The Labute approximate surface area is 191 Å². The number of hydrogen-bond acceptors (Lipinski definition) is 5. The molecule has 8 nitrogen and oxygen atoms in total. The Morgan fingerprint density at radius 2 is 1.70 bits per heavy atom. The van der Waals surface area contributed by atoms with Crippen LogP contribution in [-0.4, -0.2) is 55.5 Å². The predicted molar refractivity (Wildman–Crippen MR) is 119 cm³/mol. The molecule has 1 aliphatic carbocycles. The SMILES string of the molecule is O=C(O)C#CCNC(=O)[C@@H]1OCC[C@@H]1CNC(=O)OCC1c2ccccc2-c2ccccc21. The average molecular weight is 448 g/mol. The van der Waals surface area contributed by atoms with Crippen LogP contribution in [0, 0.1) is 17.8 Å². The highest BCUT2D eigenvalue weighted by molar-refractivity contribution is 5.87. The van der Waals surface area contributed by atoms with Crippen LogP contribution in [0.25, 0.3) is 11.1 Å². The fraction of sp³-hybridized carbons (Fsp3) is 0.320. The number of carbonyl (C=O) groups excluding carboxylic acids is 2. The smallest absolute Gasteiger partial charge is 0.407 e. The summed E-state index contributed by atoms with van der Waals surface area (Å²) in [6.45, 7) is 0.760. The number of alkyl carbamates (subject to hydrolysis) is 1. The lowest BCUT2D eigenvalue weighted by Crippen LogP contribution is -2.42. The summed E-state index contributed by atoms with van der Waals surface area (Å²) in [6, 6.07) is 16.2. The first-order chi connectivity index (χ1) is 16.0. The Kier molecular flexibility index (Phi) is 6.91. The minimum atomic E-state index is -1.26. The van der Waals surface area contributed by atoms with Gasteiger partial charge in [-0.2, -0.15) is 0 Å². The van der Waals surface area contributed by atoms with Crippen molar-refractivity contribution in [3.05, 3.63) is 59.7 Å². The van der Waals surface area contributed by atoms with Gasteiger partial charge in [-0.05, 0) is 28.7 Å². The molecule has 0 radical (unpaired) electrons. The molecule has 2 amide bonds. The molecule has 4 rings (SSSR count). The van der Waals surface area contributed by atoms with Crippen molar-refractivity contribution in [2.45, 2.75) is 18.4 Å². The van der Waals surface area contributed by atoms with E-state index in [1.54, 1.807) is 0 Å². The summed E-state index contributed by atoms with van der Waals surface area (Å²) >= 11 is 0. The monoisotopic (exact) mass is 448 g/mol. The first-order valence-corrected chi connectivity index (χ1v) is 10.7. The van der Waals surface area contributed by atoms with Crippen molar-refractivity contribution in [3.8, 4) is 23.0 Å². The van der Waals surface area contributed by atoms with Crippen LogP contribution in [0.4, 0.5) is 4.79 Å². The number of carbonyl (C=O) groups is 3. The average Bonchev–Trinajstić information content (AvgIpc) is 3.42. The summed E-state index contributed by atoms with van der Waals surface area (Å²) in [5.74, 6) is 2.39. The molecule has 2 aliphatic rings. The molecule has 2 aromatic rings. The van der Waals surface area contributed by atoms with Gasteiger partial charge in [0, 0.05) is 30.9 Å². The molecule has 2 atom stereocenters. The van der Waals surface area contributed by atoms with Gasteiger partial charge in [0.2, 0.25) is 5.91 Å². The Hall–Kier alpha value is -3.83. The van der Waals surface area contributed by atoms with Gasteiger partial charge in [-0.3, -0.25) is 4.79 Å². The number of amides is 2. The summed E-state index contributed by atoms with van der Waals surface area (Å²) < 4.78 is 11.0. The van der Waals surface area contributed by atoms with Crippen molar-refractivity contribution in [1.82, 2.24) is 10.6 Å². The summed E-state index contributed by atoms with van der Waals surface area (Å²) in [7, 11) is 0. The van der Waals surface area contributed by atoms with Gasteiger partial charge in [0.25, 0.3) is 0 Å². The molecular formula is C25H24N2O6. The third-order valence-electron chi connectivity index (χ3n) is 5.87. The third kappa shape index (κ3) is 5.16. The summed E-state index contributed by atoms with van der Waals surface area (Å²) in [6.07, 6.45) is -0.663. The van der Waals surface area contributed by atoms with Crippen molar-refractivity contribution in [3.63, 3.8) is 0 Å². The van der Waals surface area contributed by atoms with E-state index in [9.17, 15) is 14.4 Å². The normalized spacial score (nSPS) is 18.4. The van der Waals surface area contributed by atoms with E-state index in [0.29, 0.717) is 13.0 Å². The molecule has 1 aliphatic heterocycles. The molecule has 0 spiro atoms. The largest absolute Gasteiger partial charge is 0.472 e. The van der Waals surface area contributed by atoms with E-state index in [4.69, 9.17) is 14.6 Å². The number of nitrogens with one attached hydrogen (secondary N) is 2. The lowest BCUT2D eigenvalue weighted by molar-refractivity contribution is -0.132. The van der Waals surface area contributed by atoms with Gasteiger partial charge >= 0.3 is 12.1 Å². The number of benzene rings is 2. The minimum absolute atomic E-state index is 0.0246. The van der Waals surface area contributed by atoms with E-state index in [-0.39, 0.29) is 37.4 Å². The zero-order chi connectivity index (χ0) is 23.2. The van der Waals surface area contributed by atoms with Crippen molar-refractivity contribution in [2.24, 2.45) is 5.92 Å². The van der Waals surface area contributed by atoms with E-state index in [1.807, 2.05) is 30.2 Å². The number of ether oxygens (including phenoxy) is 2. The number of carboxylic acid groups (broad SMARTS) is 1. The zero-order valence-corrected chi connectivity index (χ0v) is 17.9. The molecule has 2 aromatic carbocycles. The number of hydrogen-bond donors (Lipinski definition) is 3. The molecule has 3 N–H and O–H groups in total. The Balaban J connectivity index is 1.28. The van der Waals surface area contributed by atoms with Crippen LogP contribution in [0.3, 0.4) is 0 Å². The molecule has 0 unspecified atom stereocenters. The second kappa shape index (κ2) is 10.2. The third-order valence-corrected chi connectivity index (χ3v) is 5.87. The van der Waals surface area contributed by atoms with Gasteiger partial charge < -0.3 is 25.2 Å². The second-order valence-corrected chi connectivity index (χ2v) is 7.87. The highest BCUT2D eigenvalue weighted by Gasteiger charge is 2.34. The maximum absolute atomic E-state index is 12.4. The summed E-state index contributed by atoms with van der Waals surface area (Å²) in [4.78, 5) is 35.1. The second-order valence-electron chi connectivity index (χ2n) is 7.87. The van der Waals surface area contributed by atoms with Gasteiger partial charge in [0.15, 0.2) is 0 Å². The molecule has 33 heavy (non-hydrogen) atoms. The first kappa shape index (κ1) is 22.4. The molecule has 1 saturated heterocycles. The van der Waals surface area contributed by atoms with Gasteiger partial charge in [-0.1, -0.05) is 54.5 Å². The molecular weight excluding hydrogens is 424 g/mol. The fourth-order valence-corrected chi connectivity index (χ4v) is 4.35. The topological polar surface area (TPSA) is 114 Å². The van der Waals surface area contributed by atoms with E-state index in [2.05, 4.69) is 40.8 Å². The van der Waals surface area contributed by atoms with Gasteiger partial charge in [-0.25, -0.2) is 9.59 Å². The standard InChI is InChI=1S/C25H24N2O6/c28-22(29)10-5-12-26-24(30)23-16(11-13-32-23)14-27-25(31)33-15-21-19-8-3-1-6-17(19)18-7-2-4-9-20(18)21/h1-4,6-9,16,21,23H,11-15H2,(H,26,30)(H,27,31)(H,28,29)/t16-,23-/m1/s1. The van der Waals surface area contributed by atoms with Crippen LogP contribution in [0.15, 0.2) is 48.5 Å². The highest BCUT2D eigenvalue weighted by atomic mass is 16.5. The quantitative estimate of drug-likeness (QED) is 0.584. The van der Waals surface area contributed by atoms with Crippen LogP contribution < -0.4 is 10.6 Å². The van der Waals surface area contributed by atoms with Crippen LogP contribution in [-0.2, 0) is 19.1 Å². The lowest BCUT2D eigenvalue weighted by atomic mass is 9.98. The van der Waals surface area contributed by atoms with Crippen LogP contribution in [0.5, 0.6) is 0 Å². The molecule has 0 saturated carbocycles. The summed E-state index contributed by atoms with van der Waals surface area (Å²) in [5.41, 5.74) is 4.59. The van der Waals surface area contributed by atoms with E-state index >= 15 is 0 Å². The number of rotatable bonds is 6. The summed E-state index contributed by atoms with van der Waals surface area (Å²) in [5, 5.41) is 13.8. The van der Waals surface area contributed by atoms with E-state index < -0.39 is 18.2 Å². The van der Waals surface area contributed by atoms with Crippen molar-refractivity contribution >= 4 is 18.0 Å². The van der Waals surface area contributed by atoms with Crippen LogP contribution in [0.2, 0.25) is 0 Å². The maximum atomic E-state index is 12.4. The fourth-order valence-electron chi connectivity index (χ4n) is 4.35. The first-order valence-electron chi connectivity index (χ1n) is 10.7. The Morgan fingerprint density at radius 1 is 1.03 bits per heavy atom. The number of aliphatic carboxylic acids is 1. The molecule has 8 heteroatoms. The Bertz CT molecular complexity index is 1070. The van der Waals surface area contributed by atoms with Gasteiger partial charge in [0.1, 0.15) is 12.7 Å². The maximum Gasteiger partial charge on any atom is 0.407 e. The van der Waals surface area contributed by atoms with Crippen LogP contribution in [0.1, 0.15) is 23.5 Å². The molecule has 1 fully saturated rings. The molecule has 0 aromatic heterocycles. The molecule has 1 heterocycles. The predicted octanol–water partition coefficient (Wildman–Crippen LogP) is 2.13. The van der Waals surface area contributed by atoms with Crippen molar-refractivity contribution < 1.29 is 29.0 Å². The zero-order valence-electron chi connectivity index (χ0n) is 17.9. The van der Waals surface area contributed by atoms with Gasteiger partial charge in [0.05, 0.1) is 6.54 Å². The molecule has 0 bridgehead atoms. The van der Waals surface area contributed by atoms with Crippen molar-refractivity contribution in [1.29, 1.82) is 0 Å².